The van der Waals surface area contributed by atoms with E-state index in [4.69, 9.17) is 5.73 Å². The Labute approximate surface area is 120 Å². The first-order valence-electron chi connectivity index (χ1n) is 8.49. The lowest BCUT2D eigenvalue weighted by molar-refractivity contribution is 0.0270. The summed E-state index contributed by atoms with van der Waals surface area (Å²) < 4.78 is 0. The Kier molecular flexibility index (Phi) is 5.30. The predicted octanol–water partition coefficient (Wildman–Crippen LogP) is 3.65. The van der Waals surface area contributed by atoms with E-state index in [0.29, 0.717) is 17.4 Å². The number of rotatable bonds is 2. The third-order valence-corrected chi connectivity index (χ3v) is 6.14. The van der Waals surface area contributed by atoms with Crippen LogP contribution in [0.5, 0.6) is 0 Å². The second-order valence-corrected chi connectivity index (χ2v) is 7.62. The van der Waals surface area contributed by atoms with E-state index in [-0.39, 0.29) is 0 Å². The molecule has 2 N–H and O–H groups in total. The lowest BCUT2D eigenvalue weighted by atomic mass is 9.61. The first-order valence-corrected chi connectivity index (χ1v) is 8.49. The van der Waals surface area contributed by atoms with Crippen molar-refractivity contribution in [2.45, 2.75) is 71.8 Å². The molecule has 2 nitrogen and oxygen atoms in total. The average molecular weight is 266 g/mol. The fourth-order valence-electron chi connectivity index (χ4n) is 4.07. The maximum absolute atomic E-state index is 6.28. The Balaban J connectivity index is 1.93. The standard InChI is InChI=1S/C17H34N2/c1-14-16(18)10-9-15(17(14,2)3)13-19-11-7-5-4-6-8-12-19/h14-16H,4-13,18H2,1-3H3. The Hall–Kier alpha value is -0.0800. The molecule has 0 aromatic rings. The number of nitrogens with zero attached hydrogens (tertiary/aromatic N) is 1. The number of hydrogen-bond acceptors (Lipinski definition) is 2. The van der Waals surface area contributed by atoms with E-state index in [1.807, 2.05) is 0 Å². The van der Waals surface area contributed by atoms with Crippen LogP contribution in [0, 0.1) is 17.3 Å². The van der Waals surface area contributed by atoms with E-state index in [1.165, 1.54) is 64.6 Å². The van der Waals surface area contributed by atoms with Gasteiger partial charge in [-0.1, -0.05) is 40.0 Å². The third-order valence-electron chi connectivity index (χ3n) is 6.14. The minimum absolute atomic E-state index is 0.403. The van der Waals surface area contributed by atoms with Gasteiger partial charge < -0.3 is 10.6 Å². The van der Waals surface area contributed by atoms with Gasteiger partial charge in [-0.3, -0.25) is 0 Å². The highest BCUT2D eigenvalue weighted by molar-refractivity contribution is 4.94. The highest BCUT2D eigenvalue weighted by Crippen LogP contribution is 2.44. The van der Waals surface area contributed by atoms with Crippen LogP contribution < -0.4 is 5.73 Å². The quantitative estimate of drug-likeness (QED) is 0.826. The van der Waals surface area contributed by atoms with Crippen LogP contribution in [0.4, 0.5) is 0 Å². The van der Waals surface area contributed by atoms with E-state index in [2.05, 4.69) is 25.7 Å². The summed E-state index contributed by atoms with van der Waals surface area (Å²) in [5.41, 5.74) is 6.68. The summed E-state index contributed by atoms with van der Waals surface area (Å²) in [5, 5.41) is 0. The van der Waals surface area contributed by atoms with Gasteiger partial charge in [0.05, 0.1) is 0 Å². The number of likely N-dealkylation sites (tertiary alicyclic amines) is 1. The average Bonchev–Trinajstić information content (AvgIpc) is 2.33. The summed E-state index contributed by atoms with van der Waals surface area (Å²) in [6, 6.07) is 0.415. The van der Waals surface area contributed by atoms with Gasteiger partial charge in [-0.15, -0.1) is 0 Å². The van der Waals surface area contributed by atoms with Crippen molar-refractivity contribution in [1.82, 2.24) is 4.90 Å². The van der Waals surface area contributed by atoms with Crippen molar-refractivity contribution in [3.8, 4) is 0 Å². The largest absolute Gasteiger partial charge is 0.327 e. The Morgan fingerprint density at radius 1 is 1.00 bits per heavy atom. The molecule has 0 aromatic carbocycles. The maximum atomic E-state index is 6.28. The molecule has 1 heterocycles. The zero-order valence-electron chi connectivity index (χ0n) is 13.3. The lowest BCUT2D eigenvalue weighted by Crippen LogP contribution is -2.50. The molecular formula is C17H34N2. The summed E-state index contributed by atoms with van der Waals surface area (Å²) >= 11 is 0. The van der Waals surface area contributed by atoms with E-state index in [1.54, 1.807) is 0 Å². The van der Waals surface area contributed by atoms with Crippen LogP contribution in [0.2, 0.25) is 0 Å². The number of nitrogens with two attached hydrogens (primary N) is 1. The smallest absolute Gasteiger partial charge is 0.00698 e. The van der Waals surface area contributed by atoms with E-state index >= 15 is 0 Å². The fraction of sp³-hybridized carbons (Fsp3) is 1.00. The molecule has 19 heavy (non-hydrogen) atoms. The minimum atomic E-state index is 0.403. The Morgan fingerprint density at radius 3 is 2.21 bits per heavy atom. The van der Waals surface area contributed by atoms with Crippen LogP contribution in [0.15, 0.2) is 0 Å². The fourth-order valence-corrected chi connectivity index (χ4v) is 4.07. The zero-order chi connectivity index (χ0) is 13.9. The second kappa shape index (κ2) is 6.58. The topological polar surface area (TPSA) is 29.3 Å². The molecular weight excluding hydrogens is 232 g/mol. The molecule has 1 saturated carbocycles. The molecule has 1 saturated heterocycles. The van der Waals surface area contributed by atoms with Gasteiger partial charge in [-0.25, -0.2) is 0 Å². The van der Waals surface area contributed by atoms with E-state index in [9.17, 15) is 0 Å². The van der Waals surface area contributed by atoms with Gasteiger partial charge >= 0.3 is 0 Å². The molecule has 2 aliphatic rings. The SMILES string of the molecule is CC1C(N)CCC(CN2CCCCCCC2)C1(C)C. The molecule has 2 heteroatoms. The molecule has 3 unspecified atom stereocenters. The van der Waals surface area contributed by atoms with Crippen molar-refractivity contribution in [3.05, 3.63) is 0 Å². The molecule has 2 fully saturated rings. The van der Waals surface area contributed by atoms with Crippen molar-refractivity contribution in [3.63, 3.8) is 0 Å². The normalized spacial score (nSPS) is 37.6. The summed E-state index contributed by atoms with van der Waals surface area (Å²) in [4.78, 5) is 2.75. The summed E-state index contributed by atoms with van der Waals surface area (Å²) in [7, 11) is 0. The van der Waals surface area contributed by atoms with Gasteiger partial charge in [0.2, 0.25) is 0 Å². The third kappa shape index (κ3) is 3.72. The van der Waals surface area contributed by atoms with E-state index < -0.39 is 0 Å². The van der Waals surface area contributed by atoms with Crippen molar-refractivity contribution in [1.29, 1.82) is 0 Å². The number of hydrogen-bond donors (Lipinski definition) is 1. The molecule has 2 rings (SSSR count). The summed E-state index contributed by atoms with van der Waals surface area (Å²) in [5.74, 6) is 1.49. The highest BCUT2D eigenvalue weighted by atomic mass is 15.1. The van der Waals surface area contributed by atoms with Gasteiger partial charge in [0.1, 0.15) is 0 Å². The summed E-state index contributed by atoms with van der Waals surface area (Å²) in [6.07, 6.45) is 9.69. The van der Waals surface area contributed by atoms with E-state index in [0.717, 1.165) is 5.92 Å². The zero-order valence-corrected chi connectivity index (χ0v) is 13.3. The minimum Gasteiger partial charge on any atom is -0.327 e. The maximum Gasteiger partial charge on any atom is 0.00698 e. The van der Waals surface area contributed by atoms with Gasteiger partial charge in [0.15, 0.2) is 0 Å². The molecule has 0 amide bonds. The Bertz CT molecular complexity index is 266. The lowest BCUT2D eigenvalue weighted by Gasteiger charge is -2.48. The van der Waals surface area contributed by atoms with Crippen LogP contribution in [-0.4, -0.2) is 30.6 Å². The Morgan fingerprint density at radius 2 is 1.58 bits per heavy atom. The van der Waals surface area contributed by atoms with Crippen LogP contribution in [0.25, 0.3) is 0 Å². The van der Waals surface area contributed by atoms with Crippen LogP contribution in [0.1, 0.15) is 65.7 Å². The van der Waals surface area contributed by atoms with Gasteiger partial charge in [0.25, 0.3) is 0 Å². The van der Waals surface area contributed by atoms with Crippen molar-refractivity contribution >= 4 is 0 Å². The monoisotopic (exact) mass is 266 g/mol. The van der Waals surface area contributed by atoms with Crippen LogP contribution in [0.3, 0.4) is 0 Å². The first kappa shape index (κ1) is 15.3. The molecule has 0 spiro atoms. The van der Waals surface area contributed by atoms with Crippen LogP contribution >= 0.6 is 0 Å². The molecule has 1 aliphatic carbocycles. The van der Waals surface area contributed by atoms with Crippen molar-refractivity contribution < 1.29 is 0 Å². The van der Waals surface area contributed by atoms with Gasteiger partial charge in [-0.05, 0) is 56.0 Å². The summed E-state index contributed by atoms with van der Waals surface area (Å²) in [6.45, 7) is 11.2. The second-order valence-electron chi connectivity index (χ2n) is 7.62. The molecule has 0 bridgehead atoms. The molecule has 1 aliphatic heterocycles. The van der Waals surface area contributed by atoms with Gasteiger partial charge in [0, 0.05) is 12.6 Å². The van der Waals surface area contributed by atoms with Crippen molar-refractivity contribution in [2.24, 2.45) is 23.0 Å². The molecule has 112 valence electrons. The molecule has 0 aromatic heterocycles. The molecule has 0 radical (unpaired) electrons. The predicted molar refractivity (Wildman–Crippen MR) is 83.2 cm³/mol. The highest BCUT2D eigenvalue weighted by Gasteiger charge is 2.41. The van der Waals surface area contributed by atoms with Crippen LogP contribution in [-0.2, 0) is 0 Å². The first-order chi connectivity index (χ1) is 9.01. The van der Waals surface area contributed by atoms with Gasteiger partial charge in [-0.2, -0.15) is 0 Å². The molecule has 3 atom stereocenters. The van der Waals surface area contributed by atoms with Crippen molar-refractivity contribution in [2.75, 3.05) is 19.6 Å².